The summed E-state index contributed by atoms with van der Waals surface area (Å²) in [5.41, 5.74) is 3.16. The molecular weight excluding hydrogens is 558 g/mol. The number of hydrogen-bond acceptors (Lipinski definition) is 4. The summed E-state index contributed by atoms with van der Waals surface area (Å²) in [6.07, 6.45) is 1.00. The van der Waals surface area contributed by atoms with Crippen molar-refractivity contribution < 1.29 is 18.0 Å². The van der Waals surface area contributed by atoms with Gasteiger partial charge in [0.15, 0.2) is 0 Å². The van der Waals surface area contributed by atoms with Gasteiger partial charge in [-0.25, -0.2) is 8.42 Å². The Labute approximate surface area is 255 Å². The van der Waals surface area contributed by atoms with Gasteiger partial charge < -0.3 is 10.2 Å². The van der Waals surface area contributed by atoms with Crippen molar-refractivity contribution in [2.45, 2.75) is 57.1 Å². The van der Waals surface area contributed by atoms with Crippen molar-refractivity contribution in [3.05, 3.63) is 132 Å². The molecule has 8 heteroatoms. The van der Waals surface area contributed by atoms with Crippen LogP contribution in [-0.4, -0.2) is 43.8 Å². The fraction of sp³-hybridized carbons (Fsp3) is 0.257. The Morgan fingerprint density at radius 1 is 0.767 bits per heavy atom. The molecule has 0 radical (unpaired) electrons. The van der Waals surface area contributed by atoms with Crippen LogP contribution in [0.5, 0.6) is 0 Å². The van der Waals surface area contributed by atoms with Gasteiger partial charge >= 0.3 is 0 Å². The second-order valence-corrected chi connectivity index (χ2v) is 12.6. The highest BCUT2D eigenvalue weighted by Crippen LogP contribution is 2.25. The minimum Gasteiger partial charge on any atom is -0.352 e. The van der Waals surface area contributed by atoms with E-state index in [1.165, 1.54) is 17.0 Å². The molecule has 4 aromatic rings. The third-order valence-corrected chi connectivity index (χ3v) is 9.19. The number of carbonyl (C=O) groups is 2. The van der Waals surface area contributed by atoms with Gasteiger partial charge in [0.05, 0.1) is 10.6 Å². The Bertz CT molecular complexity index is 1580. The Hall–Kier alpha value is -4.43. The van der Waals surface area contributed by atoms with E-state index in [0.717, 1.165) is 27.4 Å². The van der Waals surface area contributed by atoms with Gasteiger partial charge in [0, 0.05) is 19.0 Å². The summed E-state index contributed by atoms with van der Waals surface area (Å²) in [6.45, 7) is 5.55. The molecule has 0 aromatic heterocycles. The average molecular weight is 598 g/mol. The van der Waals surface area contributed by atoms with Crippen LogP contribution in [0.3, 0.4) is 0 Å². The van der Waals surface area contributed by atoms with Crippen molar-refractivity contribution in [1.29, 1.82) is 0 Å². The van der Waals surface area contributed by atoms with E-state index >= 15 is 0 Å². The third kappa shape index (κ3) is 8.32. The van der Waals surface area contributed by atoms with Crippen LogP contribution in [0, 0.1) is 6.92 Å². The van der Waals surface area contributed by atoms with E-state index in [1.54, 1.807) is 48.5 Å². The van der Waals surface area contributed by atoms with E-state index in [4.69, 9.17) is 0 Å². The maximum Gasteiger partial charge on any atom is 0.264 e. The van der Waals surface area contributed by atoms with Crippen LogP contribution >= 0.6 is 0 Å². The van der Waals surface area contributed by atoms with Crippen molar-refractivity contribution in [3.63, 3.8) is 0 Å². The lowest BCUT2D eigenvalue weighted by molar-refractivity contribution is -0.140. The van der Waals surface area contributed by atoms with Crippen LogP contribution in [0.15, 0.2) is 120 Å². The number of nitrogens with one attached hydrogen (secondary N) is 1. The number of benzene rings is 4. The molecule has 4 rings (SSSR count). The number of aryl methyl sites for hydroxylation is 1. The number of rotatable bonds is 13. The Morgan fingerprint density at radius 2 is 1.33 bits per heavy atom. The highest BCUT2D eigenvalue weighted by molar-refractivity contribution is 7.92. The Balaban J connectivity index is 1.78. The summed E-state index contributed by atoms with van der Waals surface area (Å²) in [4.78, 5) is 29.8. The van der Waals surface area contributed by atoms with Crippen LogP contribution in [0.25, 0.3) is 0 Å². The summed E-state index contributed by atoms with van der Waals surface area (Å²) in [7, 11) is -4.10. The minimum atomic E-state index is -4.10. The second kappa shape index (κ2) is 14.6. The van der Waals surface area contributed by atoms with Crippen molar-refractivity contribution in [3.8, 4) is 0 Å². The lowest BCUT2D eigenvalue weighted by atomic mass is 10.0. The molecule has 0 bridgehead atoms. The quantitative estimate of drug-likeness (QED) is 0.213. The molecule has 0 aliphatic carbocycles. The molecule has 224 valence electrons. The van der Waals surface area contributed by atoms with Gasteiger partial charge in [0.25, 0.3) is 10.0 Å². The largest absolute Gasteiger partial charge is 0.352 e. The van der Waals surface area contributed by atoms with Crippen LogP contribution in [0.1, 0.15) is 37.0 Å². The smallest absolute Gasteiger partial charge is 0.264 e. The first-order chi connectivity index (χ1) is 20.7. The predicted octanol–water partition coefficient (Wildman–Crippen LogP) is 5.75. The number of amides is 2. The molecule has 0 unspecified atom stereocenters. The highest BCUT2D eigenvalue weighted by atomic mass is 32.2. The molecule has 2 amide bonds. The first kappa shape index (κ1) is 31.5. The number of anilines is 1. The normalized spacial score (nSPS) is 12.6. The van der Waals surface area contributed by atoms with Gasteiger partial charge in [-0.15, -0.1) is 0 Å². The van der Waals surface area contributed by atoms with Gasteiger partial charge in [-0.1, -0.05) is 103 Å². The fourth-order valence-corrected chi connectivity index (χ4v) is 6.16. The molecule has 0 saturated heterocycles. The van der Waals surface area contributed by atoms with Gasteiger partial charge in [-0.2, -0.15) is 0 Å². The number of para-hydroxylation sites is 1. The van der Waals surface area contributed by atoms with Crippen molar-refractivity contribution in [2.75, 3.05) is 10.8 Å². The molecular formula is C35H39N3O4S. The standard InChI is InChI=1S/C35H39N3O4S/c1-4-28(3)36-35(40)33(24-29-14-8-5-9-15-29)37(25-30-22-20-27(2)21-23-30)34(39)26-38(31-16-10-6-11-17-31)43(41,42)32-18-12-7-13-19-32/h5-23,28,33H,4,24-26H2,1-3H3,(H,36,40)/t28-,33-/m1/s1. The Kier molecular flexibility index (Phi) is 10.7. The average Bonchev–Trinajstić information content (AvgIpc) is 3.03. The predicted molar refractivity (Wildman–Crippen MR) is 171 cm³/mol. The van der Waals surface area contributed by atoms with Gasteiger partial charge in [0.2, 0.25) is 11.8 Å². The van der Waals surface area contributed by atoms with Gasteiger partial charge in [0.1, 0.15) is 12.6 Å². The first-order valence-corrected chi connectivity index (χ1v) is 15.9. The molecule has 4 aromatic carbocycles. The maximum absolute atomic E-state index is 14.4. The molecule has 43 heavy (non-hydrogen) atoms. The monoisotopic (exact) mass is 597 g/mol. The van der Waals surface area contributed by atoms with Crippen LogP contribution in [0.2, 0.25) is 0 Å². The molecule has 0 spiro atoms. The summed E-state index contributed by atoms with van der Waals surface area (Å²) >= 11 is 0. The zero-order valence-corrected chi connectivity index (χ0v) is 25.7. The third-order valence-electron chi connectivity index (χ3n) is 7.40. The van der Waals surface area contributed by atoms with E-state index in [1.807, 2.05) is 75.4 Å². The van der Waals surface area contributed by atoms with Crippen LogP contribution in [0.4, 0.5) is 5.69 Å². The molecule has 0 aliphatic rings. The number of hydrogen-bond donors (Lipinski definition) is 1. The van der Waals surface area contributed by atoms with E-state index in [0.29, 0.717) is 5.69 Å². The zero-order valence-electron chi connectivity index (χ0n) is 24.9. The van der Waals surface area contributed by atoms with E-state index in [-0.39, 0.29) is 29.8 Å². The SMILES string of the molecule is CC[C@@H](C)NC(=O)[C@@H](Cc1ccccc1)N(Cc1ccc(C)cc1)C(=O)CN(c1ccccc1)S(=O)(=O)c1ccccc1. The van der Waals surface area contributed by atoms with E-state index in [9.17, 15) is 18.0 Å². The number of carbonyl (C=O) groups excluding carboxylic acids is 2. The van der Waals surface area contributed by atoms with Crippen LogP contribution < -0.4 is 9.62 Å². The number of sulfonamides is 1. The summed E-state index contributed by atoms with van der Waals surface area (Å²) in [6, 6.07) is 33.0. The van der Waals surface area contributed by atoms with Crippen molar-refractivity contribution in [2.24, 2.45) is 0 Å². The first-order valence-electron chi connectivity index (χ1n) is 14.5. The van der Waals surface area contributed by atoms with Gasteiger partial charge in [-0.05, 0) is 55.7 Å². The number of nitrogens with zero attached hydrogens (tertiary/aromatic N) is 2. The lowest BCUT2D eigenvalue weighted by Gasteiger charge is -2.34. The van der Waals surface area contributed by atoms with Crippen molar-refractivity contribution in [1.82, 2.24) is 10.2 Å². The zero-order chi connectivity index (χ0) is 30.8. The van der Waals surface area contributed by atoms with E-state index in [2.05, 4.69) is 5.32 Å². The molecule has 1 N–H and O–H groups in total. The molecule has 0 fully saturated rings. The summed E-state index contributed by atoms with van der Waals surface area (Å²) in [5, 5.41) is 3.06. The topological polar surface area (TPSA) is 86.8 Å². The minimum absolute atomic E-state index is 0.0760. The molecule has 0 heterocycles. The molecule has 2 atom stereocenters. The Morgan fingerprint density at radius 3 is 1.91 bits per heavy atom. The summed E-state index contributed by atoms with van der Waals surface area (Å²) < 4.78 is 29.0. The van der Waals surface area contributed by atoms with Crippen molar-refractivity contribution >= 4 is 27.5 Å². The van der Waals surface area contributed by atoms with E-state index < -0.39 is 28.5 Å². The summed E-state index contributed by atoms with van der Waals surface area (Å²) in [5.74, 6) is -0.764. The fourth-order valence-electron chi connectivity index (χ4n) is 4.73. The molecule has 7 nitrogen and oxygen atoms in total. The van der Waals surface area contributed by atoms with Crippen LogP contribution in [-0.2, 0) is 32.6 Å². The highest BCUT2D eigenvalue weighted by Gasteiger charge is 2.34. The molecule has 0 aliphatic heterocycles. The maximum atomic E-state index is 14.4. The second-order valence-electron chi connectivity index (χ2n) is 10.7. The lowest BCUT2D eigenvalue weighted by Crippen LogP contribution is -2.54. The van der Waals surface area contributed by atoms with Gasteiger partial charge in [-0.3, -0.25) is 13.9 Å². The molecule has 0 saturated carbocycles.